The zero-order valence-electron chi connectivity index (χ0n) is 12.4. The average molecular weight is 288 g/mol. The Labute approximate surface area is 125 Å². The molecule has 1 amide bonds. The molecule has 1 saturated carbocycles. The molecule has 0 spiro atoms. The van der Waals surface area contributed by atoms with Gasteiger partial charge in [-0.1, -0.05) is 50.1 Å². The van der Waals surface area contributed by atoms with Gasteiger partial charge in [-0.25, -0.2) is 0 Å². The highest BCUT2D eigenvalue weighted by atomic mass is 16.4. The molecular formula is C17H22NO3-. The summed E-state index contributed by atoms with van der Waals surface area (Å²) in [4.78, 5) is 23.4. The Kier molecular flexibility index (Phi) is 5.37. The summed E-state index contributed by atoms with van der Waals surface area (Å²) >= 11 is 0. The Bertz CT molecular complexity index is 486. The molecule has 0 radical (unpaired) electrons. The van der Waals surface area contributed by atoms with Crippen LogP contribution in [0.3, 0.4) is 0 Å². The van der Waals surface area contributed by atoms with E-state index < -0.39 is 17.8 Å². The number of amides is 1. The van der Waals surface area contributed by atoms with Crippen LogP contribution >= 0.6 is 0 Å². The molecular weight excluding hydrogens is 266 g/mol. The molecule has 0 aromatic heterocycles. The lowest BCUT2D eigenvalue weighted by Crippen LogP contribution is -2.45. The number of carboxylic acid groups (broad SMARTS) is 1. The van der Waals surface area contributed by atoms with Crippen molar-refractivity contribution in [3.8, 4) is 0 Å². The van der Waals surface area contributed by atoms with Crippen molar-refractivity contribution in [2.45, 2.75) is 38.5 Å². The third-order valence-electron chi connectivity index (χ3n) is 4.36. The van der Waals surface area contributed by atoms with Crippen molar-refractivity contribution in [3.63, 3.8) is 0 Å². The van der Waals surface area contributed by atoms with E-state index in [4.69, 9.17) is 0 Å². The van der Waals surface area contributed by atoms with Gasteiger partial charge in [0.05, 0.1) is 0 Å². The highest BCUT2D eigenvalue weighted by molar-refractivity contribution is 5.84. The van der Waals surface area contributed by atoms with Gasteiger partial charge in [0.15, 0.2) is 0 Å². The van der Waals surface area contributed by atoms with E-state index in [1.807, 2.05) is 37.3 Å². The summed E-state index contributed by atoms with van der Waals surface area (Å²) in [5.41, 5.74) is 1.16. The predicted molar refractivity (Wildman–Crippen MR) is 78.3 cm³/mol. The van der Waals surface area contributed by atoms with E-state index >= 15 is 0 Å². The summed E-state index contributed by atoms with van der Waals surface area (Å²) in [7, 11) is 0. The lowest BCUT2D eigenvalue weighted by atomic mass is 9.78. The molecule has 4 heteroatoms. The summed E-state index contributed by atoms with van der Waals surface area (Å²) in [6.07, 6.45) is 2.97. The normalized spacial score (nSPS) is 23.3. The van der Waals surface area contributed by atoms with Crippen molar-refractivity contribution in [1.82, 2.24) is 5.32 Å². The second-order valence-electron chi connectivity index (χ2n) is 5.87. The van der Waals surface area contributed by atoms with Crippen LogP contribution in [0.15, 0.2) is 30.3 Å². The summed E-state index contributed by atoms with van der Waals surface area (Å²) in [5.74, 6) is -2.10. The van der Waals surface area contributed by atoms with Crippen molar-refractivity contribution in [3.05, 3.63) is 35.9 Å². The number of rotatable bonds is 5. The van der Waals surface area contributed by atoms with Gasteiger partial charge in [0.1, 0.15) is 0 Å². The molecule has 3 atom stereocenters. The molecule has 4 nitrogen and oxygen atoms in total. The number of hydrogen-bond donors (Lipinski definition) is 1. The molecule has 0 unspecified atom stereocenters. The van der Waals surface area contributed by atoms with Gasteiger partial charge in [-0.15, -0.1) is 0 Å². The standard InChI is InChI=1S/C17H23NO3/c1-12(13-7-3-2-4-8-13)11-18-16(19)14-9-5-6-10-15(14)17(20)21/h2-4,7-8,12,14-15H,5-6,9-11H2,1H3,(H,18,19)(H,20,21)/p-1/t12-,14-,15-/m1/s1. The number of carboxylic acids is 1. The Balaban J connectivity index is 1.90. The number of aliphatic carboxylic acids is 1. The van der Waals surface area contributed by atoms with E-state index in [0.29, 0.717) is 19.4 Å². The van der Waals surface area contributed by atoms with E-state index in [9.17, 15) is 14.7 Å². The molecule has 21 heavy (non-hydrogen) atoms. The molecule has 0 aliphatic heterocycles. The van der Waals surface area contributed by atoms with Gasteiger partial charge < -0.3 is 15.2 Å². The third-order valence-corrected chi connectivity index (χ3v) is 4.36. The highest BCUT2D eigenvalue weighted by Crippen LogP contribution is 2.30. The Hall–Kier alpha value is -1.84. The first kappa shape index (κ1) is 15.5. The van der Waals surface area contributed by atoms with Gasteiger partial charge >= 0.3 is 0 Å². The van der Waals surface area contributed by atoms with Crippen molar-refractivity contribution < 1.29 is 14.7 Å². The molecule has 2 rings (SSSR count). The highest BCUT2D eigenvalue weighted by Gasteiger charge is 2.31. The number of carbonyl (C=O) groups is 2. The lowest BCUT2D eigenvalue weighted by molar-refractivity contribution is -0.314. The van der Waals surface area contributed by atoms with Crippen molar-refractivity contribution in [2.24, 2.45) is 11.8 Å². The van der Waals surface area contributed by atoms with E-state index in [0.717, 1.165) is 18.4 Å². The fourth-order valence-corrected chi connectivity index (χ4v) is 3.01. The van der Waals surface area contributed by atoms with E-state index in [1.165, 1.54) is 0 Å². The van der Waals surface area contributed by atoms with Gasteiger partial charge in [0.2, 0.25) is 5.91 Å². The summed E-state index contributed by atoms with van der Waals surface area (Å²) in [6.45, 7) is 2.58. The Morgan fingerprint density at radius 3 is 2.43 bits per heavy atom. The van der Waals surface area contributed by atoms with E-state index in [2.05, 4.69) is 5.32 Å². The zero-order valence-corrected chi connectivity index (χ0v) is 12.4. The first-order valence-corrected chi connectivity index (χ1v) is 7.63. The minimum atomic E-state index is -1.09. The van der Waals surface area contributed by atoms with Crippen molar-refractivity contribution >= 4 is 11.9 Å². The quantitative estimate of drug-likeness (QED) is 0.892. The molecule has 1 aliphatic carbocycles. The van der Waals surface area contributed by atoms with Crippen LogP contribution in [0.2, 0.25) is 0 Å². The number of hydrogen-bond acceptors (Lipinski definition) is 3. The molecule has 1 aromatic carbocycles. The van der Waals surface area contributed by atoms with Crippen LogP contribution in [0, 0.1) is 11.8 Å². The average Bonchev–Trinajstić information content (AvgIpc) is 2.53. The second-order valence-corrected chi connectivity index (χ2v) is 5.87. The third kappa shape index (κ3) is 4.06. The topological polar surface area (TPSA) is 69.2 Å². The molecule has 1 fully saturated rings. The summed E-state index contributed by atoms with van der Waals surface area (Å²) < 4.78 is 0. The van der Waals surface area contributed by atoms with Crippen LogP contribution < -0.4 is 10.4 Å². The van der Waals surface area contributed by atoms with Gasteiger partial charge in [0, 0.05) is 24.3 Å². The maximum absolute atomic E-state index is 12.2. The predicted octanol–water partition coefficient (Wildman–Crippen LogP) is 1.46. The maximum atomic E-state index is 12.2. The number of benzene rings is 1. The fraction of sp³-hybridized carbons (Fsp3) is 0.529. The Morgan fingerprint density at radius 1 is 1.19 bits per heavy atom. The largest absolute Gasteiger partial charge is 0.550 e. The summed E-state index contributed by atoms with van der Waals surface area (Å²) in [5, 5.41) is 14.0. The first-order valence-electron chi connectivity index (χ1n) is 7.63. The smallest absolute Gasteiger partial charge is 0.223 e. The molecule has 1 aromatic rings. The van der Waals surface area contributed by atoms with Crippen molar-refractivity contribution in [1.29, 1.82) is 0 Å². The van der Waals surface area contributed by atoms with E-state index in [1.54, 1.807) is 0 Å². The minimum Gasteiger partial charge on any atom is -0.550 e. The van der Waals surface area contributed by atoms with Crippen LogP contribution in [0.4, 0.5) is 0 Å². The number of nitrogens with one attached hydrogen (secondary N) is 1. The van der Waals surface area contributed by atoms with Gasteiger partial charge in [-0.05, 0) is 24.3 Å². The second kappa shape index (κ2) is 7.25. The van der Waals surface area contributed by atoms with Crippen LogP contribution in [-0.4, -0.2) is 18.4 Å². The van der Waals surface area contributed by atoms with Gasteiger partial charge in [-0.2, -0.15) is 0 Å². The fourth-order valence-electron chi connectivity index (χ4n) is 3.01. The van der Waals surface area contributed by atoms with Crippen molar-refractivity contribution in [2.75, 3.05) is 6.54 Å². The monoisotopic (exact) mass is 288 g/mol. The van der Waals surface area contributed by atoms with Crippen LogP contribution in [0.25, 0.3) is 0 Å². The molecule has 1 aliphatic rings. The first-order chi connectivity index (χ1) is 10.1. The van der Waals surface area contributed by atoms with E-state index in [-0.39, 0.29) is 11.8 Å². The SMILES string of the molecule is C[C@H](CNC(=O)[C@@H]1CCCC[C@H]1C(=O)[O-])c1ccccc1. The molecule has 114 valence electrons. The van der Waals surface area contributed by atoms with Gasteiger partial charge in [-0.3, -0.25) is 4.79 Å². The lowest BCUT2D eigenvalue weighted by Gasteiger charge is -2.31. The molecule has 0 bridgehead atoms. The Morgan fingerprint density at radius 2 is 1.81 bits per heavy atom. The molecule has 0 saturated heterocycles. The van der Waals surface area contributed by atoms with Crippen LogP contribution in [0.5, 0.6) is 0 Å². The number of carbonyl (C=O) groups excluding carboxylic acids is 2. The van der Waals surface area contributed by atoms with Crippen LogP contribution in [-0.2, 0) is 9.59 Å². The zero-order chi connectivity index (χ0) is 15.2. The molecule has 1 N–H and O–H groups in total. The maximum Gasteiger partial charge on any atom is 0.223 e. The summed E-state index contributed by atoms with van der Waals surface area (Å²) in [6, 6.07) is 9.96. The molecule has 0 heterocycles. The van der Waals surface area contributed by atoms with Crippen LogP contribution in [0.1, 0.15) is 44.1 Å². The minimum absolute atomic E-state index is 0.147. The van der Waals surface area contributed by atoms with Gasteiger partial charge in [0.25, 0.3) is 0 Å².